The van der Waals surface area contributed by atoms with E-state index in [4.69, 9.17) is 19.2 Å². The summed E-state index contributed by atoms with van der Waals surface area (Å²) >= 11 is 0. The summed E-state index contributed by atoms with van der Waals surface area (Å²) < 4.78 is 16.0. The van der Waals surface area contributed by atoms with Crippen LogP contribution in [0.2, 0.25) is 0 Å². The highest BCUT2D eigenvalue weighted by atomic mass is 16.5. The third-order valence-corrected chi connectivity index (χ3v) is 5.16. The van der Waals surface area contributed by atoms with E-state index in [-0.39, 0.29) is 5.91 Å². The van der Waals surface area contributed by atoms with Crippen molar-refractivity contribution >= 4 is 11.6 Å². The van der Waals surface area contributed by atoms with E-state index < -0.39 is 0 Å². The molecule has 1 heterocycles. The number of hydrogen-bond acceptors (Lipinski definition) is 5. The summed E-state index contributed by atoms with van der Waals surface area (Å²) in [5, 5.41) is 2.94. The van der Waals surface area contributed by atoms with Gasteiger partial charge in [0.25, 0.3) is 5.91 Å². The quantitative estimate of drug-likeness (QED) is 0.400. The van der Waals surface area contributed by atoms with Gasteiger partial charge < -0.3 is 19.5 Å². The van der Waals surface area contributed by atoms with Crippen LogP contribution < -0.4 is 19.5 Å². The molecular weight excluding hydrogens is 416 g/mol. The SMILES string of the molecule is COc1cc(OC)cc(C(=O)Nc2cccc(-c3cccc(-c4ccccc4OC)n3)c2)c1. The number of amides is 1. The van der Waals surface area contributed by atoms with E-state index in [0.29, 0.717) is 22.7 Å². The number of methoxy groups -OCH3 is 3. The lowest BCUT2D eigenvalue weighted by Crippen LogP contribution is -2.12. The molecule has 0 aliphatic rings. The molecule has 6 heteroatoms. The summed E-state index contributed by atoms with van der Waals surface area (Å²) in [5.41, 5.74) is 4.49. The minimum absolute atomic E-state index is 0.264. The zero-order valence-corrected chi connectivity index (χ0v) is 18.7. The fourth-order valence-corrected chi connectivity index (χ4v) is 3.50. The fraction of sp³-hybridized carbons (Fsp3) is 0.111. The van der Waals surface area contributed by atoms with E-state index in [0.717, 1.165) is 28.3 Å². The largest absolute Gasteiger partial charge is 0.497 e. The van der Waals surface area contributed by atoms with E-state index in [1.807, 2.05) is 66.7 Å². The van der Waals surface area contributed by atoms with Crippen molar-refractivity contribution in [3.8, 4) is 39.8 Å². The Balaban J connectivity index is 1.61. The number of ether oxygens (including phenoxy) is 3. The van der Waals surface area contributed by atoms with Crippen LogP contribution in [0.4, 0.5) is 5.69 Å². The van der Waals surface area contributed by atoms with Crippen molar-refractivity contribution in [2.24, 2.45) is 0 Å². The number of benzene rings is 3. The first-order valence-corrected chi connectivity index (χ1v) is 10.4. The minimum atomic E-state index is -0.264. The normalized spacial score (nSPS) is 10.4. The third kappa shape index (κ3) is 4.96. The number of aromatic nitrogens is 1. The summed E-state index contributed by atoms with van der Waals surface area (Å²) in [6.45, 7) is 0. The van der Waals surface area contributed by atoms with Gasteiger partial charge in [-0.05, 0) is 48.5 Å². The van der Waals surface area contributed by atoms with Gasteiger partial charge in [0.15, 0.2) is 0 Å². The Kier molecular flexibility index (Phi) is 6.55. The third-order valence-electron chi connectivity index (χ3n) is 5.16. The van der Waals surface area contributed by atoms with Gasteiger partial charge in [0.1, 0.15) is 17.2 Å². The number of carbonyl (C=O) groups is 1. The van der Waals surface area contributed by atoms with Gasteiger partial charge in [-0.3, -0.25) is 4.79 Å². The number of nitrogens with zero attached hydrogens (tertiary/aromatic N) is 1. The number of para-hydroxylation sites is 1. The van der Waals surface area contributed by atoms with E-state index in [1.54, 1.807) is 39.5 Å². The predicted molar refractivity (Wildman–Crippen MR) is 129 cm³/mol. The molecule has 3 aromatic carbocycles. The van der Waals surface area contributed by atoms with Crippen LogP contribution in [0.5, 0.6) is 17.2 Å². The Hall–Kier alpha value is -4.32. The van der Waals surface area contributed by atoms with Crippen LogP contribution in [-0.2, 0) is 0 Å². The highest BCUT2D eigenvalue weighted by Gasteiger charge is 2.12. The second-order valence-electron chi connectivity index (χ2n) is 7.24. The maximum absolute atomic E-state index is 12.9. The molecule has 1 aromatic heterocycles. The average molecular weight is 440 g/mol. The van der Waals surface area contributed by atoms with E-state index in [9.17, 15) is 4.79 Å². The van der Waals surface area contributed by atoms with Crippen LogP contribution in [-0.4, -0.2) is 32.2 Å². The van der Waals surface area contributed by atoms with E-state index in [1.165, 1.54) is 0 Å². The van der Waals surface area contributed by atoms with Gasteiger partial charge in [-0.15, -0.1) is 0 Å². The zero-order chi connectivity index (χ0) is 23.2. The first kappa shape index (κ1) is 21.9. The molecule has 0 bridgehead atoms. The highest BCUT2D eigenvalue weighted by molar-refractivity contribution is 6.05. The van der Waals surface area contributed by atoms with Crippen molar-refractivity contribution in [2.75, 3.05) is 26.6 Å². The molecule has 1 N–H and O–H groups in total. The first-order chi connectivity index (χ1) is 16.1. The lowest BCUT2D eigenvalue weighted by Gasteiger charge is -2.11. The summed E-state index contributed by atoms with van der Waals surface area (Å²) in [4.78, 5) is 17.7. The first-order valence-electron chi connectivity index (χ1n) is 10.4. The highest BCUT2D eigenvalue weighted by Crippen LogP contribution is 2.30. The topological polar surface area (TPSA) is 69.7 Å². The Labute approximate surface area is 192 Å². The Morgan fingerprint density at radius 3 is 2.15 bits per heavy atom. The van der Waals surface area contributed by atoms with Crippen molar-refractivity contribution in [2.45, 2.75) is 0 Å². The molecule has 0 saturated heterocycles. The number of hydrogen-bond donors (Lipinski definition) is 1. The van der Waals surface area contributed by atoms with Crippen molar-refractivity contribution in [3.05, 3.63) is 90.5 Å². The van der Waals surface area contributed by atoms with Gasteiger partial charge in [0.2, 0.25) is 0 Å². The molecule has 0 atom stereocenters. The second-order valence-corrected chi connectivity index (χ2v) is 7.24. The van der Waals surface area contributed by atoms with Gasteiger partial charge in [0, 0.05) is 28.4 Å². The average Bonchev–Trinajstić information content (AvgIpc) is 2.88. The summed E-state index contributed by atoms with van der Waals surface area (Å²) in [7, 11) is 4.74. The number of pyridine rings is 1. The number of carbonyl (C=O) groups excluding carboxylic acids is 1. The van der Waals surface area contributed by atoms with Crippen molar-refractivity contribution in [1.82, 2.24) is 4.98 Å². The lowest BCUT2D eigenvalue weighted by molar-refractivity contribution is 0.102. The molecule has 0 saturated carbocycles. The molecule has 166 valence electrons. The number of nitrogens with one attached hydrogen (secondary N) is 1. The van der Waals surface area contributed by atoms with Crippen molar-refractivity contribution in [3.63, 3.8) is 0 Å². The van der Waals surface area contributed by atoms with Crippen LogP contribution in [0.1, 0.15) is 10.4 Å². The second kappa shape index (κ2) is 9.87. The maximum Gasteiger partial charge on any atom is 0.255 e. The van der Waals surface area contributed by atoms with E-state index in [2.05, 4.69) is 5.32 Å². The predicted octanol–water partition coefficient (Wildman–Crippen LogP) is 5.69. The van der Waals surface area contributed by atoms with Gasteiger partial charge in [0.05, 0.1) is 32.7 Å². The standard InChI is InChI=1S/C27H24N2O4/c1-31-21-15-19(16-22(17-21)32-2)27(30)28-20-9-6-8-18(14-20)24-11-7-12-25(29-24)23-10-4-5-13-26(23)33-3/h4-17H,1-3H3,(H,28,30). The number of anilines is 1. The van der Waals surface area contributed by atoms with Gasteiger partial charge in [-0.2, -0.15) is 0 Å². The molecule has 4 rings (SSSR count). The van der Waals surface area contributed by atoms with Crippen LogP contribution in [0.3, 0.4) is 0 Å². The molecule has 0 unspecified atom stereocenters. The summed E-state index contributed by atoms with van der Waals surface area (Å²) in [5.74, 6) is 1.59. The zero-order valence-electron chi connectivity index (χ0n) is 18.7. The Morgan fingerprint density at radius 1 is 0.727 bits per heavy atom. The molecule has 33 heavy (non-hydrogen) atoms. The van der Waals surface area contributed by atoms with Crippen molar-refractivity contribution < 1.29 is 19.0 Å². The molecule has 0 spiro atoms. The monoisotopic (exact) mass is 440 g/mol. The van der Waals surface area contributed by atoms with Gasteiger partial charge >= 0.3 is 0 Å². The molecular formula is C27H24N2O4. The smallest absolute Gasteiger partial charge is 0.255 e. The molecule has 0 fully saturated rings. The minimum Gasteiger partial charge on any atom is -0.497 e. The van der Waals surface area contributed by atoms with Gasteiger partial charge in [-0.1, -0.05) is 30.3 Å². The van der Waals surface area contributed by atoms with Crippen LogP contribution in [0.25, 0.3) is 22.5 Å². The van der Waals surface area contributed by atoms with Crippen LogP contribution in [0, 0.1) is 0 Å². The van der Waals surface area contributed by atoms with E-state index >= 15 is 0 Å². The summed E-state index contributed by atoms with van der Waals surface area (Å²) in [6, 6.07) is 26.2. The molecule has 0 aliphatic carbocycles. The van der Waals surface area contributed by atoms with Crippen LogP contribution in [0.15, 0.2) is 84.9 Å². The van der Waals surface area contributed by atoms with Gasteiger partial charge in [-0.25, -0.2) is 4.98 Å². The lowest BCUT2D eigenvalue weighted by atomic mass is 10.1. The molecule has 0 aliphatic heterocycles. The summed E-state index contributed by atoms with van der Waals surface area (Å²) in [6.07, 6.45) is 0. The molecule has 1 amide bonds. The van der Waals surface area contributed by atoms with Crippen molar-refractivity contribution in [1.29, 1.82) is 0 Å². The number of rotatable bonds is 7. The molecule has 0 radical (unpaired) electrons. The molecule has 6 nitrogen and oxygen atoms in total. The fourth-order valence-electron chi connectivity index (χ4n) is 3.50. The molecule has 4 aromatic rings. The maximum atomic E-state index is 12.9. The Bertz CT molecular complexity index is 1260. The van der Waals surface area contributed by atoms with Crippen LogP contribution >= 0.6 is 0 Å². The Morgan fingerprint density at radius 2 is 1.42 bits per heavy atom.